The summed E-state index contributed by atoms with van der Waals surface area (Å²) in [5, 5.41) is 3.27. The van der Waals surface area contributed by atoms with Gasteiger partial charge >= 0.3 is 0 Å². The molecule has 0 bridgehead atoms. The molecule has 1 aliphatic rings. The molecule has 1 amide bonds. The molecule has 0 unspecified atom stereocenters. The molecule has 1 N–H and O–H groups in total. The fourth-order valence-corrected chi connectivity index (χ4v) is 3.24. The molecular weight excluding hydrogens is 280 g/mol. The molecular formula is C17H28N2O3. The molecule has 22 heavy (non-hydrogen) atoms. The topological polar surface area (TPSA) is 54.7 Å². The van der Waals surface area contributed by atoms with Crippen molar-refractivity contribution in [3.8, 4) is 0 Å². The monoisotopic (exact) mass is 308 g/mol. The van der Waals surface area contributed by atoms with E-state index in [1.807, 2.05) is 24.0 Å². The van der Waals surface area contributed by atoms with Crippen molar-refractivity contribution >= 4 is 5.91 Å². The predicted molar refractivity (Wildman–Crippen MR) is 85.6 cm³/mol. The van der Waals surface area contributed by atoms with Crippen LogP contribution >= 0.6 is 0 Å². The Morgan fingerprint density at radius 3 is 2.64 bits per heavy atom. The Balaban J connectivity index is 1.90. The summed E-state index contributed by atoms with van der Waals surface area (Å²) in [4.78, 5) is 14.4. The highest BCUT2D eigenvalue weighted by Crippen LogP contribution is 2.21. The molecule has 5 heteroatoms. The van der Waals surface area contributed by atoms with Crippen LogP contribution in [0.1, 0.15) is 37.8 Å². The number of carbonyl (C=O) groups excluding carboxylic acids is 1. The van der Waals surface area contributed by atoms with Crippen LogP contribution in [0, 0.1) is 18.8 Å². The fourth-order valence-electron chi connectivity index (χ4n) is 3.24. The van der Waals surface area contributed by atoms with E-state index in [9.17, 15) is 4.79 Å². The second kappa shape index (κ2) is 7.79. The summed E-state index contributed by atoms with van der Waals surface area (Å²) in [6.45, 7) is 8.85. The van der Waals surface area contributed by atoms with Gasteiger partial charge in [0, 0.05) is 20.2 Å². The number of furan rings is 1. The average Bonchev–Trinajstić information content (AvgIpc) is 2.88. The summed E-state index contributed by atoms with van der Waals surface area (Å²) in [6, 6.07) is 3.76. The number of piperidine rings is 1. The van der Waals surface area contributed by atoms with Crippen LogP contribution in [-0.2, 0) is 9.53 Å². The molecule has 3 atom stereocenters. The van der Waals surface area contributed by atoms with Crippen LogP contribution in [0.5, 0.6) is 0 Å². The highest BCUT2D eigenvalue weighted by molar-refractivity contribution is 5.78. The zero-order valence-corrected chi connectivity index (χ0v) is 14.1. The summed E-state index contributed by atoms with van der Waals surface area (Å²) >= 11 is 0. The standard InChI is InChI=1S/C17H28N2O3/c1-12-7-13(2)10-19(9-12)17(20)8-18-15(11-21-4)16-6-5-14(3)22-16/h5-6,12-13,15,18H,7-11H2,1-4H3/t12-,13+,15-/m1/s1. The predicted octanol–water partition coefficient (Wildman–Crippen LogP) is 2.37. The molecule has 1 aromatic rings. The molecule has 1 aliphatic heterocycles. The van der Waals surface area contributed by atoms with Crippen LogP contribution in [0.2, 0.25) is 0 Å². The average molecular weight is 308 g/mol. The smallest absolute Gasteiger partial charge is 0.236 e. The van der Waals surface area contributed by atoms with Gasteiger partial charge < -0.3 is 14.1 Å². The van der Waals surface area contributed by atoms with Gasteiger partial charge in [0.25, 0.3) is 0 Å². The maximum Gasteiger partial charge on any atom is 0.236 e. The Bertz CT molecular complexity index is 476. The number of nitrogens with one attached hydrogen (secondary N) is 1. The van der Waals surface area contributed by atoms with Gasteiger partial charge in [0.1, 0.15) is 11.5 Å². The third kappa shape index (κ3) is 4.58. The maximum absolute atomic E-state index is 12.4. The van der Waals surface area contributed by atoms with E-state index >= 15 is 0 Å². The normalized spacial score (nSPS) is 23.5. The number of rotatable bonds is 6. The molecule has 1 saturated heterocycles. The molecule has 2 rings (SSSR count). The van der Waals surface area contributed by atoms with Crippen LogP contribution in [0.4, 0.5) is 0 Å². The van der Waals surface area contributed by atoms with E-state index in [4.69, 9.17) is 9.15 Å². The van der Waals surface area contributed by atoms with Crippen molar-refractivity contribution < 1.29 is 13.9 Å². The largest absolute Gasteiger partial charge is 0.465 e. The first-order chi connectivity index (χ1) is 10.5. The quantitative estimate of drug-likeness (QED) is 0.876. The van der Waals surface area contributed by atoms with Gasteiger partial charge in [-0.2, -0.15) is 0 Å². The van der Waals surface area contributed by atoms with Gasteiger partial charge in [-0.15, -0.1) is 0 Å². The van der Waals surface area contributed by atoms with Crippen LogP contribution in [-0.4, -0.2) is 44.2 Å². The Morgan fingerprint density at radius 1 is 1.41 bits per heavy atom. The van der Waals surface area contributed by atoms with Gasteiger partial charge in [0.2, 0.25) is 5.91 Å². The second-order valence-electron chi connectivity index (χ2n) is 6.58. The minimum absolute atomic E-state index is 0.0951. The maximum atomic E-state index is 12.4. The minimum Gasteiger partial charge on any atom is -0.465 e. The number of likely N-dealkylation sites (tertiary alicyclic amines) is 1. The molecule has 5 nitrogen and oxygen atoms in total. The number of carbonyl (C=O) groups is 1. The first-order valence-electron chi connectivity index (χ1n) is 8.06. The van der Waals surface area contributed by atoms with Crippen LogP contribution in [0.25, 0.3) is 0 Å². The number of nitrogens with zero attached hydrogens (tertiary/aromatic N) is 1. The van der Waals surface area contributed by atoms with Crippen molar-refractivity contribution in [1.29, 1.82) is 0 Å². The number of hydrogen-bond donors (Lipinski definition) is 1. The number of hydrogen-bond acceptors (Lipinski definition) is 4. The van der Waals surface area contributed by atoms with E-state index in [1.165, 1.54) is 6.42 Å². The Kier molecular flexibility index (Phi) is 6.03. The number of aryl methyl sites for hydroxylation is 1. The molecule has 1 aromatic heterocycles. The third-order valence-electron chi connectivity index (χ3n) is 4.16. The molecule has 0 saturated carbocycles. The van der Waals surface area contributed by atoms with Gasteiger partial charge in [-0.25, -0.2) is 0 Å². The van der Waals surface area contributed by atoms with Gasteiger partial charge in [-0.3, -0.25) is 10.1 Å². The van der Waals surface area contributed by atoms with Crippen molar-refractivity contribution in [2.75, 3.05) is 33.4 Å². The van der Waals surface area contributed by atoms with Crippen LogP contribution in [0.3, 0.4) is 0 Å². The summed E-state index contributed by atoms with van der Waals surface area (Å²) in [6.07, 6.45) is 1.20. The van der Waals surface area contributed by atoms with Crippen molar-refractivity contribution in [3.05, 3.63) is 23.7 Å². The highest BCUT2D eigenvalue weighted by atomic mass is 16.5. The Hall–Kier alpha value is -1.33. The summed E-state index contributed by atoms with van der Waals surface area (Å²) in [7, 11) is 1.65. The zero-order chi connectivity index (χ0) is 16.1. The number of amides is 1. The summed E-state index contributed by atoms with van der Waals surface area (Å²) < 4.78 is 10.9. The lowest BCUT2D eigenvalue weighted by Gasteiger charge is -2.35. The van der Waals surface area contributed by atoms with E-state index in [2.05, 4.69) is 19.2 Å². The van der Waals surface area contributed by atoms with E-state index in [1.54, 1.807) is 7.11 Å². The zero-order valence-electron chi connectivity index (χ0n) is 14.1. The molecule has 124 valence electrons. The van der Waals surface area contributed by atoms with Gasteiger partial charge in [0.15, 0.2) is 0 Å². The Labute approximate surface area is 133 Å². The number of ether oxygens (including phenoxy) is 1. The van der Waals surface area contributed by atoms with Crippen molar-refractivity contribution in [2.24, 2.45) is 11.8 Å². The first-order valence-corrected chi connectivity index (χ1v) is 8.06. The summed E-state index contributed by atoms with van der Waals surface area (Å²) in [5.41, 5.74) is 0. The summed E-state index contributed by atoms with van der Waals surface area (Å²) in [5.74, 6) is 2.99. The number of methoxy groups -OCH3 is 1. The third-order valence-corrected chi connectivity index (χ3v) is 4.16. The van der Waals surface area contributed by atoms with Crippen LogP contribution in [0.15, 0.2) is 16.5 Å². The van der Waals surface area contributed by atoms with Crippen molar-refractivity contribution in [1.82, 2.24) is 10.2 Å². The first kappa shape index (κ1) is 17.0. The SMILES string of the molecule is COC[C@@H](NCC(=O)N1C[C@H](C)C[C@H](C)C1)c1ccc(C)o1. The van der Waals surface area contributed by atoms with Crippen molar-refractivity contribution in [3.63, 3.8) is 0 Å². The minimum atomic E-state index is -0.0951. The van der Waals surface area contributed by atoms with Gasteiger partial charge in [-0.1, -0.05) is 13.8 Å². The molecule has 1 fully saturated rings. The lowest BCUT2D eigenvalue weighted by molar-refractivity contribution is -0.133. The van der Waals surface area contributed by atoms with E-state index in [0.29, 0.717) is 25.0 Å². The Morgan fingerprint density at radius 2 is 2.09 bits per heavy atom. The second-order valence-corrected chi connectivity index (χ2v) is 6.58. The highest BCUT2D eigenvalue weighted by Gasteiger charge is 2.26. The molecule has 0 spiro atoms. The lowest BCUT2D eigenvalue weighted by atomic mass is 9.92. The molecule has 2 heterocycles. The molecule has 0 aliphatic carbocycles. The van der Waals surface area contributed by atoms with Gasteiger partial charge in [0.05, 0.1) is 19.2 Å². The van der Waals surface area contributed by atoms with Crippen molar-refractivity contribution in [2.45, 2.75) is 33.2 Å². The van der Waals surface area contributed by atoms with Gasteiger partial charge in [-0.05, 0) is 37.3 Å². The lowest BCUT2D eigenvalue weighted by Crippen LogP contribution is -2.46. The molecule has 0 aromatic carbocycles. The molecule has 0 radical (unpaired) electrons. The van der Waals surface area contributed by atoms with E-state index < -0.39 is 0 Å². The van der Waals surface area contributed by atoms with Crippen LogP contribution < -0.4 is 5.32 Å². The van der Waals surface area contributed by atoms with E-state index in [0.717, 1.165) is 24.6 Å². The van der Waals surface area contributed by atoms with E-state index in [-0.39, 0.29) is 11.9 Å². The fraction of sp³-hybridized carbons (Fsp3) is 0.706.